The van der Waals surface area contributed by atoms with E-state index in [1.165, 1.54) is 11.8 Å². The maximum Gasteiger partial charge on any atom is 0.336 e. The van der Waals surface area contributed by atoms with E-state index in [9.17, 15) is 4.79 Å². The molecule has 0 aliphatic carbocycles. The Morgan fingerprint density at radius 3 is 2.39 bits per heavy atom. The van der Waals surface area contributed by atoms with Gasteiger partial charge >= 0.3 is 5.97 Å². The Morgan fingerprint density at radius 1 is 1.28 bits per heavy atom. The van der Waals surface area contributed by atoms with Gasteiger partial charge in [0.05, 0.1) is 12.2 Å². The first kappa shape index (κ1) is 14.3. The van der Waals surface area contributed by atoms with Crippen molar-refractivity contribution < 1.29 is 14.3 Å². The molecule has 0 unspecified atom stereocenters. The molecule has 0 saturated heterocycles. The molecule has 0 aliphatic heterocycles. The summed E-state index contributed by atoms with van der Waals surface area (Å²) in [6.45, 7) is 8.09. The summed E-state index contributed by atoms with van der Waals surface area (Å²) < 4.78 is 10.3. The van der Waals surface area contributed by atoms with Crippen LogP contribution in [0, 0.1) is 0 Å². The van der Waals surface area contributed by atoms with Gasteiger partial charge in [0.2, 0.25) is 0 Å². The first-order valence-corrected chi connectivity index (χ1v) is 6.15. The molecule has 1 aromatic carbocycles. The van der Waals surface area contributed by atoms with Gasteiger partial charge in [-0.2, -0.15) is 0 Å². The molecule has 0 fully saturated rings. The van der Waals surface area contributed by atoms with E-state index in [1.54, 1.807) is 13.8 Å². The van der Waals surface area contributed by atoms with Gasteiger partial charge in [0.25, 0.3) is 0 Å². The fourth-order valence-electron chi connectivity index (χ4n) is 1.38. The summed E-state index contributed by atoms with van der Waals surface area (Å²) >= 11 is 0. The Hall–Kier alpha value is -1.77. The van der Waals surface area contributed by atoms with E-state index >= 15 is 0 Å². The highest BCUT2D eigenvalue weighted by molar-refractivity contribution is 5.87. The summed E-state index contributed by atoms with van der Waals surface area (Å²) in [5.41, 5.74) is 1.71. The fraction of sp³-hybridized carbons (Fsp3) is 0.400. The number of benzene rings is 1. The lowest BCUT2D eigenvalue weighted by Crippen LogP contribution is -2.06. The van der Waals surface area contributed by atoms with Gasteiger partial charge in [-0.25, -0.2) is 4.79 Å². The minimum absolute atomic E-state index is 0.351. The monoisotopic (exact) mass is 248 g/mol. The highest BCUT2D eigenvalue weighted by atomic mass is 16.5. The van der Waals surface area contributed by atoms with Crippen LogP contribution in [0.2, 0.25) is 0 Å². The number of hydrogen-bond donors (Lipinski definition) is 0. The topological polar surface area (TPSA) is 35.5 Å². The van der Waals surface area contributed by atoms with E-state index in [1.807, 2.05) is 24.3 Å². The van der Waals surface area contributed by atoms with E-state index in [-0.39, 0.29) is 5.97 Å². The lowest BCUT2D eigenvalue weighted by Gasteiger charge is -2.07. The third kappa shape index (κ3) is 4.24. The zero-order chi connectivity index (χ0) is 13.5. The highest BCUT2D eigenvalue weighted by Crippen LogP contribution is 2.19. The molecule has 1 aromatic rings. The summed E-state index contributed by atoms with van der Waals surface area (Å²) in [5.74, 6) is 0.857. The van der Waals surface area contributed by atoms with Gasteiger partial charge in [-0.3, -0.25) is 0 Å². The predicted octanol–water partition coefficient (Wildman–Crippen LogP) is 3.66. The Bertz CT molecular complexity index is 416. The maximum absolute atomic E-state index is 11.3. The van der Waals surface area contributed by atoms with E-state index in [4.69, 9.17) is 9.47 Å². The molecule has 0 radical (unpaired) electrons. The second-order valence-corrected chi connectivity index (χ2v) is 4.36. The van der Waals surface area contributed by atoms with Gasteiger partial charge in [0, 0.05) is 0 Å². The Kier molecular flexibility index (Phi) is 5.43. The Labute approximate surface area is 108 Å². The van der Waals surface area contributed by atoms with Crippen molar-refractivity contribution >= 4 is 5.97 Å². The largest absolute Gasteiger partial charge is 0.464 e. The number of rotatable bonds is 5. The van der Waals surface area contributed by atoms with Crippen molar-refractivity contribution in [3.8, 4) is 5.75 Å². The number of carbonyl (C=O) groups excluding carboxylic acids is 1. The van der Waals surface area contributed by atoms with Crippen LogP contribution < -0.4 is 4.74 Å². The van der Waals surface area contributed by atoms with E-state index in [2.05, 4.69) is 13.8 Å². The standard InChI is InChI=1S/C15H20O3/c1-5-17-15(16)12(4)10-18-14-8-6-13(7-9-14)11(2)3/h6-11H,5H2,1-4H3/b12-10+. The quantitative estimate of drug-likeness (QED) is 0.453. The molecule has 3 nitrogen and oxygen atoms in total. The SMILES string of the molecule is CCOC(=O)/C(C)=C/Oc1ccc(C(C)C)cc1. The molecule has 18 heavy (non-hydrogen) atoms. The van der Waals surface area contributed by atoms with Crippen molar-refractivity contribution in [3.63, 3.8) is 0 Å². The van der Waals surface area contributed by atoms with Crippen molar-refractivity contribution in [1.82, 2.24) is 0 Å². The smallest absolute Gasteiger partial charge is 0.336 e. The molecule has 0 amide bonds. The molecule has 0 heterocycles. The van der Waals surface area contributed by atoms with Crippen LogP contribution >= 0.6 is 0 Å². The molecular weight excluding hydrogens is 228 g/mol. The average molecular weight is 248 g/mol. The number of hydrogen-bond acceptors (Lipinski definition) is 3. The van der Waals surface area contributed by atoms with Crippen LogP contribution in [0.25, 0.3) is 0 Å². The molecule has 0 aliphatic rings. The van der Waals surface area contributed by atoms with Gasteiger partial charge < -0.3 is 9.47 Å². The van der Waals surface area contributed by atoms with Crippen LogP contribution in [0.5, 0.6) is 5.75 Å². The summed E-state index contributed by atoms with van der Waals surface area (Å²) in [6, 6.07) is 7.83. The minimum atomic E-state index is -0.351. The zero-order valence-electron chi connectivity index (χ0n) is 11.4. The van der Waals surface area contributed by atoms with Gasteiger partial charge in [0.15, 0.2) is 0 Å². The first-order valence-electron chi connectivity index (χ1n) is 6.15. The molecule has 0 atom stereocenters. The maximum atomic E-state index is 11.3. The summed E-state index contributed by atoms with van der Waals surface area (Å²) in [7, 11) is 0. The summed E-state index contributed by atoms with van der Waals surface area (Å²) in [5, 5.41) is 0. The van der Waals surface area contributed by atoms with Crippen LogP contribution in [-0.4, -0.2) is 12.6 Å². The highest BCUT2D eigenvalue weighted by Gasteiger charge is 2.05. The second-order valence-electron chi connectivity index (χ2n) is 4.36. The third-order valence-electron chi connectivity index (χ3n) is 2.52. The second kappa shape index (κ2) is 6.84. The van der Waals surface area contributed by atoms with Crippen molar-refractivity contribution in [2.75, 3.05) is 6.61 Å². The van der Waals surface area contributed by atoms with Crippen LogP contribution in [0.3, 0.4) is 0 Å². The predicted molar refractivity (Wildman–Crippen MR) is 71.5 cm³/mol. The number of ether oxygens (including phenoxy) is 2. The molecule has 0 bridgehead atoms. The Morgan fingerprint density at radius 2 is 1.89 bits per heavy atom. The minimum Gasteiger partial charge on any atom is -0.464 e. The van der Waals surface area contributed by atoms with Crippen LogP contribution in [-0.2, 0) is 9.53 Å². The molecule has 0 saturated carbocycles. The molecule has 0 N–H and O–H groups in total. The normalized spacial score (nSPS) is 11.5. The van der Waals surface area contributed by atoms with E-state index < -0.39 is 0 Å². The molecule has 98 valence electrons. The van der Waals surface area contributed by atoms with Crippen LogP contribution in [0.15, 0.2) is 36.1 Å². The van der Waals surface area contributed by atoms with Gasteiger partial charge in [-0.1, -0.05) is 26.0 Å². The van der Waals surface area contributed by atoms with Gasteiger partial charge in [0.1, 0.15) is 12.0 Å². The number of esters is 1. The fourth-order valence-corrected chi connectivity index (χ4v) is 1.38. The molecule has 0 spiro atoms. The van der Waals surface area contributed by atoms with Crippen LogP contribution in [0.1, 0.15) is 39.2 Å². The van der Waals surface area contributed by atoms with E-state index in [0.717, 1.165) is 0 Å². The van der Waals surface area contributed by atoms with Crippen molar-refractivity contribution in [2.24, 2.45) is 0 Å². The average Bonchev–Trinajstić information content (AvgIpc) is 2.36. The lowest BCUT2D eigenvalue weighted by molar-refractivity contribution is -0.138. The number of carbonyl (C=O) groups is 1. The van der Waals surface area contributed by atoms with E-state index in [0.29, 0.717) is 23.8 Å². The first-order chi connectivity index (χ1) is 8.54. The van der Waals surface area contributed by atoms with Crippen LogP contribution in [0.4, 0.5) is 0 Å². The summed E-state index contributed by atoms with van der Waals surface area (Å²) in [6.07, 6.45) is 1.42. The zero-order valence-corrected chi connectivity index (χ0v) is 11.4. The van der Waals surface area contributed by atoms with Gasteiger partial charge in [-0.05, 0) is 37.5 Å². The Balaban J connectivity index is 2.63. The van der Waals surface area contributed by atoms with Crippen molar-refractivity contribution in [3.05, 3.63) is 41.7 Å². The molecule has 1 rings (SSSR count). The molecule has 0 aromatic heterocycles. The van der Waals surface area contributed by atoms with Crippen molar-refractivity contribution in [1.29, 1.82) is 0 Å². The van der Waals surface area contributed by atoms with Crippen molar-refractivity contribution in [2.45, 2.75) is 33.6 Å². The van der Waals surface area contributed by atoms with Gasteiger partial charge in [-0.15, -0.1) is 0 Å². The molecular formula is C15H20O3. The summed E-state index contributed by atoms with van der Waals surface area (Å²) in [4.78, 5) is 11.3. The molecule has 3 heteroatoms. The lowest BCUT2D eigenvalue weighted by atomic mass is 10.0. The third-order valence-corrected chi connectivity index (χ3v) is 2.52.